The molecule has 3 nitrogen and oxygen atoms in total. The van der Waals surface area contributed by atoms with E-state index in [0.29, 0.717) is 0 Å². The molecular formula is C39H37N3. The topological polar surface area (TPSA) is 29.0 Å². The van der Waals surface area contributed by atoms with Gasteiger partial charge in [0.25, 0.3) is 0 Å². The summed E-state index contributed by atoms with van der Waals surface area (Å²) in [6, 6.07) is 35.2. The van der Waals surface area contributed by atoms with Crippen LogP contribution in [0.2, 0.25) is 0 Å². The first kappa shape index (κ1) is 27.4. The van der Waals surface area contributed by atoms with Crippen LogP contribution in [0.15, 0.2) is 110 Å². The number of aromatic nitrogens is 2. The number of para-hydroxylation sites is 1. The largest absolute Gasteiger partial charge is 0.294 e. The molecule has 5 aromatic carbocycles. The minimum absolute atomic E-state index is 0.0920. The van der Waals surface area contributed by atoms with E-state index in [1.807, 2.05) is 12.1 Å². The minimum atomic E-state index is 0.0920. The van der Waals surface area contributed by atoms with Crippen molar-refractivity contribution in [3.05, 3.63) is 160 Å². The highest BCUT2D eigenvalue weighted by Gasteiger charge is 2.27. The number of rotatable bonds is 6. The first-order valence-electron chi connectivity index (χ1n) is 14.6. The molecule has 0 aliphatic carbocycles. The summed E-state index contributed by atoms with van der Waals surface area (Å²) in [4.78, 5) is 11.1. The van der Waals surface area contributed by atoms with Crippen LogP contribution >= 0.6 is 0 Å². The molecule has 0 spiro atoms. The van der Waals surface area contributed by atoms with Gasteiger partial charge in [0.15, 0.2) is 0 Å². The lowest BCUT2D eigenvalue weighted by Gasteiger charge is -2.30. The summed E-state index contributed by atoms with van der Waals surface area (Å²) in [7, 11) is 0. The molecule has 0 saturated heterocycles. The number of hydrogen-bond acceptors (Lipinski definition) is 3. The third-order valence-corrected chi connectivity index (χ3v) is 8.35. The lowest BCUT2D eigenvalue weighted by atomic mass is 9.75. The predicted molar refractivity (Wildman–Crippen MR) is 176 cm³/mol. The molecule has 0 aliphatic heterocycles. The van der Waals surface area contributed by atoms with E-state index < -0.39 is 0 Å². The van der Waals surface area contributed by atoms with Gasteiger partial charge >= 0.3 is 0 Å². The van der Waals surface area contributed by atoms with Crippen molar-refractivity contribution in [3.63, 3.8) is 0 Å². The summed E-state index contributed by atoms with van der Waals surface area (Å²) in [5.74, 6) is 0.926. The van der Waals surface area contributed by atoms with Crippen molar-refractivity contribution in [2.45, 2.75) is 47.5 Å². The zero-order chi connectivity index (χ0) is 29.4. The fourth-order valence-electron chi connectivity index (χ4n) is 6.89. The maximum atomic E-state index is 4.67. The van der Waals surface area contributed by atoms with E-state index in [0.717, 1.165) is 17.2 Å². The second kappa shape index (κ2) is 11.3. The lowest BCUT2D eigenvalue weighted by molar-refractivity contribution is 0.928. The van der Waals surface area contributed by atoms with Crippen LogP contribution in [0.1, 0.15) is 56.0 Å². The van der Waals surface area contributed by atoms with E-state index in [1.54, 1.807) is 12.5 Å². The molecule has 0 radical (unpaired) electrons. The zero-order valence-corrected chi connectivity index (χ0v) is 25.3. The summed E-state index contributed by atoms with van der Waals surface area (Å²) < 4.78 is 0. The fourth-order valence-corrected chi connectivity index (χ4v) is 6.89. The molecule has 42 heavy (non-hydrogen) atoms. The Bertz CT molecular complexity index is 1750. The number of hydrogen-bond donors (Lipinski definition) is 0. The molecule has 6 aromatic rings. The molecule has 0 fully saturated rings. The molecule has 208 valence electrons. The van der Waals surface area contributed by atoms with Crippen LogP contribution in [0.4, 0.5) is 17.2 Å². The Kier molecular flexibility index (Phi) is 7.34. The van der Waals surface area contributed by atoms with Gasteiger partial charge in [-0.25, -0.2) is 9.97 Å². The Morgan fingerprint density at radius 3 is 1.67 bits per heavy atom. The monoisotopic (exact) mass is 547 g/mol. The van der Waals surface area contributed by atoms with Gasteiger partial charge in [-0.15, -0.1) is 0 Å². The van der Waals surface area contributed by atoms with E-state index in [9.17, 15) is 0 Å². The van der Waals surface area contributed by atoms with Gasteiger partial charge in [-0.05, 0) is 110 Å². The highest BCUT2D eigenvalue weighted by Crippen LogP contribution is 2.45. The summed E-state index contributed by atoms with van der Waals surface area (Å²) >= 11 is 0. The van der Waals surface area contributed by atoms with Crippen molar-refractivity contribution in [2.75, 3.05) is 4.90 Å². The van der Waals surface area contributed by atoms with Crippen molar-refractivity contribution < 1.29 is 0 Å². The summed E-state index contributed by atoms with van der Waals surface area (Å²) in [6.45, 7) is 13.5. The second-order valence-electron chi connectivity index (χ2n) is 11.5. The van der Waals surface area contributed by atoms with Gasteiger partial charge in [-0.1, -0.05) is 83.9 Å². The first-order chi connectivity index (χ1) is 20.3. The van der Waals surface area contributed by atoms with Crippen LogP contribution in [0.25, 0.3) is 10.8 Å². The van der Waals surface area contributed by atoms with E-state index in [-0.39, 0.29) is 5.92 Å². The van der Waals surface area contributed by atoms with Crippen LogP contribution in [0, 0.1) is 41.5 Å². The summed E-state index contributed by atoms with van der Waals surface area (Å²) in [5, 5.41) is 2.43. The number of aryl methyl sites for hydroxylation is 6. The Balaban J connectivity index is 1.67. The van der Waals surface area contributed by atoms with Crippen LogP contribution in [-0.4, -0.2) is 9.97 Å². The molecule has 0 atom stereocenters. The Morgan fingerprint density at radius 1 is 0.571 bits per heavy atom. The normalized spacial score (nSPS) is 11.3. The predicted octanol–water partition coefficient (Wildman–Crippen LogP) is 10.1. The molecule has 1 aromatic heterocycles. The zero-order valence-electron chi connectivity index (χ0n) is 25.3. The minimum Gasteiger partial charge on any atom is -0.294 e. The van der Waals surface area contributed by atoms with Crippen LogP contribution < -0.4 is 4.90 Å². The number of nitrogens with zero attached hydrogens (tertiary/aromatic N) is 3. The number of fused-ring (bicyclic) bond motifs is 1. The molecule has 3 heteroatoms. The van der Waals surface area contributed by atoms with Crippen molar-refractivity contribution in [2.24, 2.45) is 0 Å². The molecule has 6 rings (SSSR count). The van der Waals surface area contributed by atoms with Crippen LogP contribution in [0.3, 0.4) is 0 Å². The van der Waals surface area contributed by atoms with Gasteiger partial charge in [-0.2, -0.15) is 0 Å². The van der Waals surface area contributed by atoms with E-state index in [4.69, 9.17) is 0 Å². The molecule has 0 N–H and O–H groups in total. The Hall–Kier alpha value is -4.76. The molecule has 1 heterocycles. The first-order valence-corrected chi connectivity index (χ1v) is 14.6. The molecule has 0 saturated carbocycles. The van der Waals surface area contributed by atoms with Gasteiger partial charge < -0.3 is 0 Å². The maximum Gasteiger partial charge on any atom is 0.140 e. The second-order valence-corrected chi connectivity index (χ2v) is 11.5. The van der Waals surface area contributed by atoms with Crippen molar-refractivity contribution in [1.82, 2.24) is 9.97 Å². The van der Waals surface area contributed by atoms with Crippen LogP contribution in [0.5, 0.6) is 0 Å². The number of anilines is 3. The molecule has 0 aliphatic rings. The SMILES string of the molecule is Cc1cc(C)c(C(c2c(C)cc(C)cc2C)c2ccc(N(c3ccccc3)c3ccncn3)c3ccccc23)c(C)c1. The van der Waals surface area contributed by atoms with Gasteiger partial charge in [0.05, 0.1) is 5.69 Å². The summed E-state index contributed by atoms with van der Waals surface area (Å²) in [5.41, 5.74) is 14.2. The molecule has 0 bridgehead atoms. The highest BCUT2D eigenvalue weighted by molar-refractivity contribution is 6.01. The molecule has 0 unspecified atom stereocenters. The Morgan fingerprint density at radius 2 is 1.12 bits per heavy atom. The highest BCUT2D eigenvalue weighted by atomic mass is 15.2. The average molecular weight is 548 g/mol. The lowest BCUT2D eigenvalue weighted by Crippen LogP contribution is -2.14. The van der Waals surface area contributed by atoms with E-state index in [1.165, 1.54) is 60.8 Å². The quantitative estimate of drug-likeness (QED) is 0.194. The third kappa shape index (κ3) is 4.96. The van der Waals surface area contributed by atoms with Crippen molar-refractivity contribution >= 4 is 28.0 Å². The molecular weight excluding hydrogens is 510 g/mol. The van der Waals surface area contributed by atoms with Crippen LogP contribution in [-0.2, 0) is 0 Å². The Labute approximate surface area is 249 Å². The third-order valence-electron chi connectivity index (χ3n) is 8.35. The van der Waals surface area contributed by atoms with Crippen molar-refractivity contribution in [3.8, 4) is 0 Å². The maximum absolute atomic E-state index is 4.67. The van der Waals surface area contributed by atoms with Crippen molar-refractivity contribution in [1.29, 1.82) is 0 Å². The van der Waals surface area contributed by atoms with Gasteiger partial charge in [0.2, 0.25) is 0 Å². The summed E-state index contributed by atoms with van der Waals surface area (Å²) in [6.07, 6.45) is 3.42. The fraction of sp³-hybridized carbons (Fsp3) is 0.179. The number of benzene rings is 5. The van der Waals surface area contributed by atoms with Gasteiger partial charge in [-0.3, -0.25) is 4.90 Å². The van der Waals surface area contributed by atoms with E-state index >= 15 is 0 Å². The van der Waals surface area contributed by atoms with Gasteiger partial charge in [0, 0.05) is 23.2 Å². The smallest absolute Gasteiger partial charge is 0.140 e. The van der Waals surface area contributed by atoms with Gasteiger partial charge in [0.1, 0.15) is 12.1 Å². The molecule has 0 amide bonds. The van der Waals surface area contributed by atoms with E-state index in [2.05, 4.69) is 141 Å². The standard InChI is InChI=1S/C39H37N3/c1-25-20-27(3)37(28(4)21-25)39(38-29(5)22-26(2)23-30(38)6)34-16-17-35(33-15-11-10-14-32(33)34)42(31-12-8-7-9-13-31)36-18-19-40-24-41-36/h7-24,39H,1-6H3. The average Bonchev–Trinajstić information content (AvgIpc) is 2.97.